The number of nitrogens with zero attached hydrogens (tertiary/aromatic N) is 2. The molecule has 5 nitrogen and oxygen atoms in total. The molecule has 0 unspecified atom stereocenters. The maximum Gasteiger partial charge on any atom is 0.416 e. The lowest BCUT2D eigenvalue weighted by Gasteiger charge is -2.39. The number of alkyl halides is 3. The van der Waals surface area contributed by atoms with Crippen LogP contribution in [0.15, 0.2) is 48.5 Å². The van der Waals surface area contributed by atoms with E-state index in [9.17, 15) is 22.8 Å². The van der Waals surface area contributed by atoms with Gasteiger partial charge in [-0.05, 0) is 73.8 Å². The maximum absolute atomic E-state index is 12.9. The molecule has 0 bridgehead atoms. The Morgan fingerprint density at radius 1 is 0.971 bits per heavy atom. The highest BCUT2D eigenvalue weighted by Crippen LogP contribution is 2.36. The minimum absolute atomic E-state index is 0.156. The monoisotopic (exact) mass is 488 g/mol. The van der Waals surface area contributed by atoms with Crippen LogP contribution in [0.3, 0.4) is 0 Å². The first-order chi connectivity index (χ1) is 16.8. The number of unbranched alkanes of at least 4 members (excludes halogenated alkanes) is 1. The molecule has 2 aliphatic heterocycles. The van der Waals surface area contributed by atoms with Crippen LogP contribution in [0.2, 0.25) is 0 Å². The second-order valence-electron chi connectivity index (χ2n) is 9.36. The molecule has 2 aromatic carbocycles. The number of likely N-dealkylation sites (tertiary alicyclic amines) is 1. The number of carbonyl (C=O) groups excluding carboxylic acids is 2. The highest BCUT2D eigenvalue weighted by Gasteiger charge is 2.33. The lowest BCUT2D eigenvalue weighted by Crippen LogP contribution is -2.42. The van der Waals surface area contributed by atoms with E-state index in [1.165, 1.54) is 17.0 Å². The Kier molecular flexibility index (Phi) is 7.79. The normalized spacial score (nSPS) is 21.5. The number of imide groups is 1. The van der Waals surface area contributed by atoms with Gasteiger partial charge < -0.3 is 9.64 Å². The van der Waals surface area contributed by atoms with Crippen molar-refractivity contribution >= 4 is 17.5 Å². The van der Waals surface area contributed by atoms with Crippen LogP contribution in [-0.2, 0) is 15.8 Å². The summed E-state index contributed by atoms with van der Waals surface area (Å²) in [6.07, 6.45) is -0.707. The SMILES string of the molecule is CCCCN1CC[C@@H](c2ccc(N3C(=O)CCC3=O)cc2)[C@H](COc2ccc(C(F)(F)F)cc2)C1. The molecular weight excluding hydrogens is 457 g/mol. The van der Waals surface area contributed by atoms with E-state index in [1.54, 1.807) is 0 Å². The van der Waals surface area contributed by atoms with Gasteiger partial charge in [0.05, 0.1) is 17.9 Å². The molecule has 0 radical (unpaired) electrons. The topological polar surface area (TPSA) is 49.9 Å². The van der Waals surface area contributed by atoms with Crippen molar-refractivity contribution in [1.29, 1.82) is 0 Å². The molecule has 0 saturated carbocycles. The molecule has 0 aliphatic carbocycles. The second kappa shape index (κ2) is 10.8. The van der Waals surface area contributed by atoms with Gasteiger partial charge in [0.15, 0.2) is 0 Å². The van der Waals surface area contributed by atoms with Crippen LogP contribution in [0, 0.1) is 5.92 Å². The van der Waals surface area contributed by atoms with Gasteiger partial charge in [-0.25, -0.2) is 0 Å². The van der Waals surface area contributed by atoms with Crippen molar-refractivity contribution in [3.05, 3.63) is 59.7 Å². The first-order valence-corrected chi connectivity index (χ1v) is 12.2. The average Bonchev–Trinajstić information content (AvgIpc) is 3.19. The highest BCUT2D eigenvalue weighted by atomic mass is 19.4. The Morgan fingerprint density at radius 2 is 1.63 bits per heavy atom. The predicted molar refractivity (Wildman–Crippen MR) is 127 cm³/mol. The van der Waals surface area contributed by atoms with Crippen molar-refractivity contribution in [3.63, 3.8) is 0 Å². The van der Waals surface area contributed by atoms with Gasteiger partial charge in [-0.1, -0.05) is 25.5 Å². The molecule has 2 fully saturated rings. The van der Waals surface area contributed by atoms with Gasteiger partial charge in [0.2, 0.25) is 11.8 Å². The summed E-state index contributed by atoms with van der Waals surface area (Å²) in [5, 5.41) is 0. The zero-order valence-electron chi connectivity index (χ0n) is 19.9. The van der Waals surface area contributed by atoms with Crippen LogP contribution in [0.1, 0.15) is 56.1 Å². The molecule has 8 heteroatoms. The first-order valence-electron chi connectivity index (χ1n) is 12.2. The fourth-order valence-corrected chi connectivity index (χ4v) is 4.98. The largest absolute Gasteiger partial charge is 0.493 e. The summed E-state index contributed by atoms with van der Waals surface area (Å²) in [7, 11) is 0. The van der Waals surface area contributed by atoms with Gasteiger partial charge in [0.25, 0.3) is 0 Å². The first kappa shape index (κ1) is 25.2. The van der Waals surface area contributed by atoms with Gasteiger partial charge in [0, 0.05) is 25.3 Å². The maximum atomic E-state index is 12.9. The van der Waals surface area contributed by atoms with Crippen LogP contribution in [-0.4, -0.2) is 43.0 Å². The van der Waals surface area contributed by atoms with E-state index in [0.717, 1.165) is 56.6 Å². The Morgan fingerprint density at radius 3 is 2.23 bits per heavy atom. The van der Waals surface area contributed by atoms with Gasteiger partial charge in [-0.3, -0.25) is 14.5 Å². The number of amides is 2. The Bertz CT molecular complexity index is 1010. The zero-order valence-corrected chi connectivity index (χ0v) is 19.9. The zero-order chi connectivity index (χ0) is 25.0. The van der Waals surface area contributed by atoms with Crippen molar-refractivity contribution < 1.29 is 27.5 Å². The van der Waals surface area contributed by atoms with Gasteiger partial charge >= 0.3 is 6.18 Å². The van der Waals surface area contributed by atoms with E-state index in [0.29, 0.717) is 18.0 Å². The molecule has 0 spiro atoms. The Hall–Kier alpha value is -2.87. The average molecular weight is 489 g/mol. The number of ether oxygens (including phenoxy) is 1. The highest BCUT2D eigenvalue weighted by molar-refractivity contribution is 6.19. The van der Waals surface area contributed by atoms with Gasteiger partial charge in [-0.15, -0.1) is 0 Å². The summed E-state index contributed by atoms with van der Waals surface area (Å²) < 4.78 is 44.5. The summed E-state index contributed by atoms with van der Waals surface area (Å²) >= 11 is 0. The smallest absolute Gasteiger partial charge is 0.416 e. The summed E-state index contributed by atoms with van der Waals surface area (Å²) in [6, 6.07) is 12.4. The number of hydrogen-bond donors (Lipinski definition) is 0. The molecule has 2 atom stereocenters. The lowest BCUT2D eigenvalue weighted by atomic mass is 9.80. The molecule has 35 heavy (non-hydrogen) atoms. The molecule has 0 aromatic heterocycles. The number of benzene rings is 2. The van der Waals surface area contributed by atoms with Crippen molar-refractivity contribution in [2.45, 2.75) is 51.1 Å². The van der Waals surface area contributed by atoms with Crippen molar-refractivity contribution in [3.8, 4) is 5.75 Å². The van der Waals surface area contributed by atoms with Crippen LogP contribution < -0.4 is 9.64 Å². The minimum Gasteiger partial charge on any atom is -0.493 e. The van der Waals surface area contributed by atoms with Crippen molar-refractivity contribution in [2.75, 3.05) is 31.1 Å². The van der Waals surface area contributed by atoms with E-state index < -0.39 is 11.7 Å². The quantitative estimate of drug-likeness (QED) is 0.451. The third-order valence-corrected chi connectivity index (χ3v) is 6.92. The van der Waals surface area contributed by atoms with E-state index in [-0.39, 0.29) is 36.5 Å². The fraction of sp³-hybridized carbons (Fsp3) is 0.481. The third kappa shape index (κ3) is 6.04. The van der Waals surface area contributed by atoms with Crippen LogP contribution >= 0.6 is 0 Å². The molecule has 0 N–H and O–H groups in total. The van der Waals surface area contributed by atoms with Crippen LogP contribution in [0.4, 0.5) is 18.9 Å². The third-order valence-electron chi connectivity index (χ3n) is 6.92. The molecule has 2 heterocycles. The lowest BCUT2D eigenvalue weighted by molar-refractivity contribution is -0.137. The van der Waals surface area contributed by atoms with Gasteiger partial charge in [-0.2, -0.15) is 13.2 Å². The second-order valence-corrected chi connectivity index (χ2v) is 9.36. The van der Waals surface area contributed by atoms with Crippen LogP contribution in [0.5, 0.6) is 5.75 Å². The molecule has 2 aromatic rings. The molecular formula is C27H31F3N2O3. The molecule has 2 saturated heterocycles. The summed E-state index contributed by atoms with van der Waals surface area (Å²) in [5.74, 6) is 0.443. The van der Waals surface area contributed by atoms with E-state index >= 15 is 0 Å². The number of hydrogen-bond acceptors (Lipinski definition) is 4. The van der Waals surface area contributed by atoms with E-state index in [4.69, 9.17) is 4.74 Å². The van der Waals surface area contributed by atoms with Gasteiger partial charge in [0.1, 0.15) is 5.75 Å². The van der Waals surface area contributed by atoms with E-state index in [2.05, 4.69) is 11.8 Å². The van der Waals surface area contributed by atoms with Crippen LogP contribution in [0.25, 0.3) is 0 Å². The molecule has 2 amide bonds. The van der Waals surface area contributed by atoms with Crippen molar-refractivity contribution in [2.24, 2.45) is 5.92 Å². The molecule has 188 valence electrons. The predicted octanol–water partition coefficient (Wildman–Crippen LogP) is 5.64. The standard InChI is InChI=1S/C27H31F3N2O3/c1-2-3-15-31-16-14-24(19-4-8-22(9-5-19)32-25(33)12-13-26(32)34)20(17-31)18-35-23-10-6-21(7-11-23)27(28,29)30/h4-11,20,24H,2-3,12-18H2,1H3/t20-,24-/m0/s1. The number of piperidine rings is 1. The Labute approximate surface area is 203 Å². The summed E-state index contributed by atoms with van der Waals surface area (Å²) in [5.41, 5.74) is 1.02. The number of rotatable bonds is 8. The number of carbonyl (C=O) groups is 2. The number of halogens is 3. The molecule has 2 aliphatic rings. The summed E-state index contributed by atoms with van der Waals surface area (Å²) in [4.78, 5) is 27.8. The Balaban J connectivity index is 1.47. The molecule has 4 rings (SSSR count). The minimum atomic E-state index is -4.37. The van der Waals surface area contributed by atoms with Crippen molar-refractivity contribution in [1.82, 2.24) is 4.90 Å². The fourth-order valence-electron chi connectivity index (χ4n) is 4.98. The summed E-state index contributed by atoms with van der Waals surface area (Å²) in [6.45, 7) is 5.37. The van der Waals surface area contributed by atoms with E-state index in [1.807, 2.05) is 24.3 Å². The number of anilines is 1.